The molecule has 3 nitrogen and oxygen atoms in total. The van der Waals surface area contributed by atoms with E-state index in [4.69, 9.17) is 10.4 Å². The molecule has 0 aromatic carbocycles. The van der Waals surface area contributed by atoms with Gasteiger partial charge in [-0.2, -0.15) is 5.26 Å². The Morgan fingerprint density at radius 1 is 1.64 bits per heavy atom. The number of alkyl halides is 2. The first-order chi connectivity index (χ1) is 6.61. The monoisotopic (exact) mass is 198 g/mol. The van der Waals surface area contributed by atoms with Gasteiger partial charge >= 0.3 is 0 Å². The van der Waals surface area contributed by atoms with E-state index in [0.29, 0.717) is 5.56 Å². The van der Waals surface area contributed by atoms with Crippen molar-refractivity contribution in [2.24, 2.45) is 0 Å². The van der Waals surface area contributed by atoms with E-state index in [-0.39, 0.29) is 11.1 Å². The number of hydrogen-bond donors (Lipinski definition) is 1. The molecule has 1 aromatic heterocycles. The molecule has 5 heteroatoms. The van der Waals surface area contributed by atoms with Crippen LogP contribution < -0.4 is 0 Å². The van der Waals surface area contributed by atoms with E-state index in [9.17, 15) is 8.78 Å². The van der Waals surface area contributed by atoms with Gasteiger partial charge in [0.2, 0.25) is 0 Å². The summed E-state index contributed by atoms with van der Waals surface area (Å²) in [6.45, 7) is 0.983. The average Bonchev–Trinajstić information content (AvgIpc) is 2.16. The first kappa shape index (κ1) is 10.5. The van der Waals surface area contributed by atoms with Crippen LogP contribution in [0.3, 0.4) is 0 Å². The molecule has 0 bridgehead atoms. The van der Waals surface area contributed by atoms with Gasteiger partial charge in [0.1, 0.15) is 5.69 Å². The molecule has 0 saturated heterocycles. The zero-order chi connectivity index (χ0) is 10.7. The number of aliphatic hydroxyl groups excluding tert-OH is 1. The van der Waals surface area contributed by atoms with E-state index in [0.717, 1.165) is 0 Å². The van der Waals surface area contributed by atoms with Gasteiger partial charge in [-0.25, -0.2) is 8.78 Å². The Morgan fingerprint density at radius 3 is 2.71 bits per heavy atom. The number of nitrogens with zero attached hydrogens (tertiary/aromatic N) is 2. The summed E-state index contributed by atoms with van der Waals surface area (Å²) in [4.78, 5) is 3.50. The van der Waals surface area contributed by atoms with Crippen LogP contribution in [0.4, 0.5) is 8.78 Å². The summed E-state index contributed by atoms with van der Waals surface area (Å²) in [5, 5.41) is 17.6. The van der Waals surface area contributed by atoms with Gasteiger partial charge in [0.15, 0.2) is 0 Å². The molecular formula is C9H8F2N2O. The third kappa shape index (κ3) is 1.70. The number of rotatable bonds is 2. The Bertz CT molecular complexity index is 385. The van der Waals surface area contributed by atoms with Crippen molar-refractivity contribution < 1.29 is 13.9 Å². The van der Waals surface area contributed by atoms with Crippen LogP contribution in [0.2, 0.25) is 0 Å². The molecule has 0 aliphatic heterocycles. The van der Waals surface area contributed by atoms with E-state index < -0.39 is 18.7 Å². The molecule has 0 saturated carbocycles. The van der Waals surface area contributed by atoms with Gasteiger partial charge < -0.3 is 5.11 Å². The number of aliphatic hydroxyl groups is 1. The number of pyridine rings is 1. The van der Waals surface area contributed by atoms with Crippen LogP contribution in [0.5, 0.6) is 0 Å². The van der Waals surface area contributed by atoms with Gasteiger partial charge in [-0.05, 0) is 12.5 Å². The van der Waals surface area contributed by atoms with Crippen LogP contribution in [0.15, 0.2) is 6.20 Å². The highest BCUT2D eigenvalue weighted by molar-refractivity contribution is 5.44. The van der Waals surface area contributed by atoms with Crippen molar-refractivity contribution in [2.75, 3.05) is 0 Å². The van der Waals surface area contributed by atoms with Crippen LogP contribution in [-0.2, 0) is 6.61 Å². The number of halogens is 2. The molecule has 0 aliphatic rings. The molecule has 0 amide bonds. The first-order valence-electron chi connectivity index (χ1n) is 3.89. The summed E-state index contributed by atoms with van der Waals surface area (Å²) in [5.41, 5.74) is -0.0316. The normalized spacial score (nSPS) is 10.3. The number of aromatic nitrogens is 1. The van der Waals surface area contributed by atoms with Gasteiger partial charge in [-0.15, -0.1) is 0 Å². The van der Waals surface area contributed by atoms with Crippen LogP contribution >= 0.6 is 0 Å². The van der Waals surface area contributed by atoms with Crippen molar-refractivity contribution in [2.45, 2.75) is 20.0 Å². The van der Waals surface area contributed by atoms with Crippen molar-refractivity contribution in [3.05, 3.63) is 28.6 Å². The van der Waals surface area contributed by atoms with E-state index in [1.54, 1.807) is 13.0 Å². The molecule has 74 valence electrons. The highest BCUT2D eigenvalue weighted by Crippen LogP contribution is 2.24. The fraction of sp³-hybridized carbons (Fsp3) is 0.333. The molecule has 0 atom stereocenters. The summed E-state index contributed by atoms with van der Waals surface area (Å²) in [7, 11) is 0. The second kappa shape index (κ2) is 4.11. The summed E-state index contributed by atoms with van der Waals surface area (Å²) in [5.74, 6) is 0. The maximum atomic E-state index is 12.4. The molecule has 1 aromatic rings. The molecule has 0 radical (unpaired) electrons. The maximum Gasteiger partial charge on any atom is 0.280 e. The van der Waals surface area contributed by atoms with Crippen molar-refractivity contribution >= 4 is 0 Å². The lowest BCUT2D eigenvalue weighted by atomic mass is 10.0. The lowest BCUT2D eigenvalue weighted by Gasteiger charge is -2.08. The van der Waals surface area contributed by atoms with Crippen molar-refractivity contribution in [3.8, 4) is 6.07 Å². The zero-order valence-corrected chi connectivity index (χ0v) is 7.46. The summed E-state index contributed by atoms with van der Waals surface area (Å²) < 4.78 is 24.8. The molecule has 1 heterocycles. The third-order valence-electron chi connectivity index (χ3n) is 1.88. The lowest BCUT2D eigenvalue weighted by molar-refractivity contribution is 0.141. The van der Waals surface area contributed by atoms with Crippen LogP contribution in [0.25, 0.3) is 0 Å². The quantitative estimate of drug-likeness (QED) is 0.786. The SMILES string of the molecule is Cc1cnc(C(F)F)c(CO)c1C#N. The predicted octanol–water partition coefficient (Wildman–Crippen LogP) is 1.69. The van der Waals surface area contributed by atoms with E-state index in [2.05, 4.69) is 4.98 Å². The fourth-order valence-corrected chi connectivity index (χ4v) is 1.18. The minimum absolute atomic E-state index is 0.0810. The van der Waals surface area contributed by atoms with Gasteiger partial charge in [0, 0.05) is 11.8 Å². The van der Waals surface area contributed by atoms with E-state index in [1.165, 1.54) is 6.20 Å². The highest BCUT2D eigenvalue weighted by Gasteiger charge is 2.18. The number of aryl methyl sites for hydroxylation is 1. The number of hydrogen-bond acceptors (Lipinski definition) is 3. The second-order valence-electron chi connectivity index (χ2n) is 2.75. The lowest BCUT2D eigenvalue weighted by Crippen LogP contribution is -2.03. The van der Waals surface area contributed by atoms with Gasteiger partial charge in [0.25, 0.3) is 6.43 Å². The Hall–Kier alpha value is -1.54. The Kier molecular flexibility index (Phi) is 3.10. The summed E-state index contributed by atoms with van der Waals surface area (Å²) in [6, 6.07) is 1.78. The van der Waals surface area contributed by atoms with E-state index >= 15 is 0 Å². The standard InChI is InChI=1S/C9H8F2N2O/c1-5-3-13-8(9(10)11)7(4-14)6(5)2-12/h3,9,14H,4H2,1H3. The smallest absolute Gasteiger partial charge is 0.280 e. The Labute approximate surface area is 79.6 Å². The van der Waals surface area contributed by atoms with E-state index in [1.807, 2.05) is 0 Å². The summed E-state index contributed by atoms with van der Waals surface area (Å²) in [6.07, 6.45) is -1.57. The minimum atomic E-state index is -2.77. The van der Waals surface area contributed by atoms with Crippen molar-refractivity contribution in [1.82, 2.24) is 4.98 Å². The molecule has 0 aliphatic carbocycles. The zero-order valence-electron chi connectivity index (χ0n) is 7.46. The molecular weight excluding hydrogens is 190 g/mol. The van der Waals surface area contributed by atoms with Gasteiger partial charge in [0.05, 0.1) is 18.2 Å². The largest absolute Gasteiger partial charge is 0.392 e. The maximum absolute atomic E-state index is 12.4. The molecule has 1 rings (SSSR count). The molecule has 0 spiro atoms. The molecule has 0 fully saturated rings. The third-order valence-corrected chi connectivity index (χ3v) is 1.88. The summed E-state index contributed by atoms with van der Waals surface area (Å²) >= 11 is 0. The highest BCUT2D eigenvalue weighted by atomic mass is 19.3. The predicted molar refractivity (Wildman–Crippen MR) is 44.6 cm³/mol. The minimum Gasteiger partial charge on any atom is -0.392 e. The van der Waals surface area contributed by atoms with Crippen LogP contribution in [-0.4, -0.2) is 10.1 Å². The average molecular weight is 198 g/mol. The second-order valence-corrected chi connectivity index (χ2v) is 2.75. The van der Waals surface area contributed by atoms with Gasteiger partial charge in [-0.1, -0.05) is 0 Å². The van der Waals surface area contributed by atoms with Crippen molar-refractivity contribution in [1.29, 1.82) is 5.26 Å². The molecule has 14 heavy (non-hydrogen) atoms. The first-order valence-corrected chi connectivity index (χ1v) is 3.89. The fourth-order valence-electron chi connectivity index (χ4n) is 1.18. The topological polar surface area (TPSA) is 56.9 Å². The van der Waals surface area contributed by atoms with Crippen LogP contribution in [0.1, 0.15) is 28.8 Å². The van der Waals surface area contributed by atoms with Crippen molar-refractivity contribution in [3.63, 3.8) is 0 Å². The Balaban J connectivity index is 3.42. The molecule has 1 N–H and O–H groups in total. The van der Waals surface area contributed by atoms with Crippen LogP contribution in [0, 0.1) is 18.3 Å². The molecule has 0 unspecified atom stereocenters. The number of nitriles is 1. The van der Waals surface area contributed by atoms with Gasteiger partial charge in [-0.3, -0.25) is 4.98 Å². The Morgan fingerprint density at radius 2 is 2.29 bits per heavy atom.